The van der Waals surface area contributed by atoms with Crippen LogP contribution in [0.4, 0.5) is 11.4 Å². The van der Waals surface area contributed by atoms with E-state index in [9.17, 15) is 0 Å². The van der Waals surface area contributed by atoms with E-state index in [2.05, 4.69) is 102 Å². The van der Waals surface area contributed by atoms with Crippen LogP contribution in [0.5, 0.6) is 0 Å². The van der Waals surface area contributed by atoms with Gasteiger partial charge in [-0.25, -0.2) is 0 Å². The molecule has 1 saturated heterocycles. The topological polar surface area (TPSA) is 24.5 Å². The number of benzene rings is 2. The zero-order valence-corrected chi connectivity index (χ0v) is 21.5. The molecule has 3 rings (SSSR count). The summed E-state index contributed by atoms with van der Waals surface area (Å²) in [5.41, 5.74) is 8.17. The molecule has 0 amide bonds. The predicted octanol–water partition coefficient (Wildman–Crippen LogP) is 7.89. The molecule has 1 aliphatic heterocycles. The van der Waals surface area contributed by atoms with Gasteiger partial charge in [0.05, 0.1) is 0 Å². The van der Waals surface area contributed by atoms with Crippen LogP contribution in [0.1, 0.15) is 114 Å². The highest BCUT2D eigenvalue weighted by molar-refractivity contribution is 6.60. The molecular formula is C28H43BN2O. The van der Waals surface area contributed by atoms with Crippen molar-refractivity contribution >= 4 is 18.6 Å². The molecule has 1 aliphatic rings. The Morgan fingerprint density at radius 1 is 0.719 bits per heavy atom. The SMILES string of the molecule is CC(C)c1cccc(C(C)C)c1NB1OCCCCN1c1c(C(C)C)cccc1C(C)C. The van der Waals surface area contributed by atoms with Crippen molar-refractivity contribution in [2.75, 3.05) is 23.2 Å². The Kier molecular flexibility index (Phi) is 8.33. The molecule has 0 saturated carbocycles. The van der Waals surface area contributed by atoms with E-state index in [1.54, 1.807) is 0 Å². The van der Waals surface area contributed by atoms with Gasteiger partial charge in [-0.1, -0.05) is 91.8 Å². The van der Waals surface area contributed by atoms with Crippen LogP contribution < -0.4 is 10.0 Å². The van der Waals surface area contributed by atoms with Gasteiger partial charge in [-0.15, -0.1) is 0 Å². The number of anilines is 2. The minimum absolute atomic E-state index is 0.174. The third kappa shape index (κ3) is 5.34. The molecule has 0 spiro atoms. The van der Waals surface area contributed by atoms with Gasteiger partial charge in [0, 0.05) is 24.5 Å². The molecule has 0 aromatic heterocycles. The lowest BCUT2D eigenvalue weighted by Gasteiger charge is -2.35. The van der Waals surface area contributed by atoms with Gasteiger partial charge in [0.2, 0.25) is 0 Å². The van der Waals surface area contributed by atoms with Crippen LogP contribution in [-0.2, 0) is 4.65 Å². The van der Waals surface area contributed by atoms with Gasteiger partial charge in [-0.2, -0.15) is 0 Å². The fourth-order valence-electron chi connectivity index (χ4n) is 4.82. The average molecular weight is 434 g/mol. The van der Waals surface area contributed by atoms with E-state index in [1.165, 1.54) is 33.6 Å². The van der Waals surface area contributed by atoms with Crippen LogP contribution >= 0.6 is 0 Å². The van der Waals surface area contributed by atoms with E-state index in [4.69, 9.17) is 4.65 Å². The summed E-state index contributed by atoms with van der Waals surface area (Å²) in [6.45, 7) is 20.1. The van der Waals surface area contributed by atoms with Crippen LogP contribution in [-0.4, -0.2) is 20.3 Å². The monoisotopic (exact) mass is 434 g/mol. The highest BCUT2D eigenvalue weighted by Crippen LogP contribution is 2.38. The second-order valence-corrected chi connectivity index (χ2v) is 10.5. The van der Waals surface area contributed by atoms with E-state index in [0.717, 1.165) is 26.0 Å². The Morgan fingerprint density at radius 3 is 1.66 bits per heavy atom. The number of nitrogens with one attached hydrogen (secondary N) is 1. The molecular weight excluding hydrogens is 391 g/mol. The second-order valence-electron chi connectivity index (χ2n) is 10.5. The van der Waals surface area contributed by atoms with Gasteiger partial charge in [0.25, 0.3) is 0 Å². The summed E-state index contributed by atoms with van der Waals surface area (Å²) in [5, 5.41) is 3.91. The highest BCUT2D eigenvalue weighted by Gasteiger charge is 2.34. The van der Waals surface area contributed by atoms with Crippen molar-refractivity contribution in [1.29, 1.82) is 0 Å². The number of rotatable bonds is 7. The van der Waals surface area contributed by atoms with Crippen molar-refractivity contribution in [3.63, 3.8) is 0 Å². The highest BCUT2D eigenvalue weighted by atomic mass is 16.5. The van der Waals surface area contributed by atoms with Gasteiger partial charge in [0.15, 0.2) is 0 Å². The van der Waals surface area contributed by atoms with E-state index >= 15 is 0 Å². The smallest absolute Gasteiger partial charge is 0.398 e. The standard InChI is InChI=1S/C28H43BN2O/c1-19(2)23-13-11-14-24(20(3)4)27(23)30-29-31(17-9-10-18-32-29)28-25(21(5)6)15-12-16-26(28)22(7)8/h11-16,19-22,30H,9-10,17-18H2,1-8H3. The molecule has 0 bridgehead atoms. The number of hydrogen-bond donors (Lipinski definition) is 1. The lowest BCUT2D eigenvalue weighted by molar-refractivity contribution is 0.324. The maximum absolute atomic E-state index is 6.53. The quantitative estimate of drug-likeness (QED) is 0.448. The molecule has 0 unspecified atom stereocenters. The summed E-state index contributed by atoms with van der Waals surface area (Å²) >= 11 is 0. The minimum Gasteiger partial charge on any atom is -0.398 e. The molecule has 2 aromatic carbocycles. The average Bonchev–Trinajstić information content (AvgIpc) is 2.98. The molecule has 2 aromatic rings. The van der Waals surface area contributed by atoms with Crippen molar-refractivity contribution < 1.29 is 4.65 Å². The second kappa shape index (κ2) is 10.8. The maximum Gasteiger partial charge on any atom is 0.545 e. The molecule has 0 aliphatic carbocycles. The van der Waals surface area contributed by atoms with Crippen molar-refractivity contribution in [2.24, 2.45) is 0 Å². The van der Waals surface area contributed by atoms with Crippen LogP contribution in [0.3, 0.4) is 0 Å². The Bertz CT molecular complexity index is 838. The van der Waals surface area contributed by atoms with E-state index in [-0.39, 0.29) is 7.19 Å². The lowest BCUT2D eigenvalue weighted by Crippen LogP contribution is -2.49. The van der Waals surface area contributed by atoms with Crippen LogP contribution in [0, 0.1) is 0 Å². The Morgan fingerprint density at radius 2 is 1.19 bits per heavy atom. The normalized spacial score (nSPS) is 15.2. The van der Waals surface area contributed by atoms with Crippen LogP contribution in [0.2, 0.25) is 0 Å². The third-order valence-corrected chi connectivity index (χ3v) is 6.62. The van der Waals surface area contributed by atoms with E-state index in [0.29, 0.717) is 23.7 Å². The number of nitrogens with zero attached hydrogens (tertiary/aromatic N) is 1. The summed E-state index contributed by atoms with van der Waals surface area (Å²) in [7, 11) is -0.174. The summed E-state index contributed by atoms with van der Waals surface area (Å²) < 4.78 is 6.53. The van der Waals surface area contributed by atoms with Crippen molar-refractivity contribution in [2.45, 2.75) is 91.9 Å². The summed E-state index contributed by atoms with van der Waals surface area (Å²) in [5.74, 6) is 1.82. The van der Waals surface area contributed by atoms with Gasteiger partial charge < -0.3 is 14.7 Å². The Hall–Kier alpha value is -1.94. The first-order valence-corrected chi connectivity index (χ1v) is 12.6. The van der Waals surface area contributed by atoms with Crippen LogP contribution in [0.15, 0.2) is 36.4 Å². The molecule has 174 valence electrons. The summed E-state index contributed by atoms with van der Waals surface area (Å²) in [6, 6.07) is 13.6. The van der Waals surface area contributed by atoms with E-state index in [1.807, 2.05) is 0 Å². The lowest BCUT2D eigenvalue weighted by atomic mass is 9.84. The van der Waals surface area contributed by atoms with Crippen molar-refractivity contribution in [3.8, 4) is 0 Å². The summed E-state index contributed by atoms with van der Waals surface area (Å²) in [6.07, 6.45) is 2.24. The van der Waals surface area contributed by atoms with Gasteiger partial charge in [-0.05, 0) is 58.8 Å². The number of hydrogen-bond acceptors (Lipinski definition) is 3. The maximum atomic E-state index is 6.53. The predicted molar refractivity (Wildman–Crippen MR) is 141 cm³/mol. The Balaban J connectivity index is 2.12. The zero-order valence-electron chi connectivity index (χ0n) is 21.5. The molecule has 4 heteroatoms. The van der Waals surface area contributed by atoms with Gasteiger partial charge >= 0.3 is 7.19 Å². The molecule has 1 fully saturated rings. The van der Waals surface area contributed by atoms with Crippen molar-refractivity contribution in [1.82, 2.24) is 0 Å². The fraction of sp³-hybridized carbons (Fsp3) is 0.571. The Labute approximate surface area is 197 Å². The van der Waals surface area contributed by atoms with Crippen LogP contribution in [0.25, 0.3) is 0 Å². The van der Waals surface area contributed by atoms with Gasteiger partial charge in [-0.3, -0.25) is 0 Å². The molecule has 0 radical (unpaired) electrons. The number of para-hydroxylation sites is 2. The first-order chi connectivity index (χ1) is 15.2. The van der Waals surface area contributed by atoms with Crippen molar-refractivity contribution in [3.05, 3.63) is 58.7 Å². The summed E-state index contributed by atoms with van der Waals surface area (Å²) in [4.78, 5) is 2.51. The fourth-order valence-corrected chi connectivity index (χ4v) is 4.82. The molecule has 1 heterocycles. The van der Waals surface area contributed by atoms with Gasteiger partial charge in [0.1, 0.15) is 0 Å². The third-order valence-electron chi connectivity index (χ3n) is 6.62. The minimum atomic E-state index is -0.174. The van der Waals surface area contributed by atoms with E-state index < -0.39 is 0 Å². The molecule has 0 atom stereocenters. The molecule has 1 N–H and O–H groups in total. The first kappa shape index (κ1) is 24.7. The zero-order chi connectivity index (χ0) is 23.4. The molecule has 32 heavy (non-hydrogen) atoms. The molecule has 3 nitrogen and oxygen atoms in total. The first-order valence-electron chi connectivity index (χ1n) is 12.6. The largest absolute Gasteiger partial charge is 0.545 e.